The zero-order chi connectivity index (χ0) is 24.4. The highest BCUT2D eigenvalue weighted by molar-refractivity contribution is 7.18. The van der Waals surface area contributed by atoms with E-state index >= 15 is 0 Å². The topological polar surface area (TPSA) is 74.5 Å². The Morgan fingerprint density at radius 2 is 1.83 bits per heavy atom. The third kappa shape index (κ3) is 5.18. The van der Waals surface area contributed by atoms with Crippen molar-refractivity contribution in [3.63, 3.8) is 0 Å². The standard InChI is InChI=1S/C27H32FN5OS/c1-2-18-17-19(5-10-23(18)28)24(34)25-26(29)31-27(35-25)30-20-6-8-21(9-7-20)33-15-11-22(12-16-33)32-13-3-4-14-32/h5-10,17,22H,2-4,11-16,29H2,1H3,(H,30,31). The number of hydrogen-bond donors (Lipinski definition) is 2. The van der Waals surface area contributed by atoms with Crippen molar-refractivity contribution in [2.45, 2.75) is 45.1 Å². The summed E-state index contributed by atoms with van der Waals surface area (Å²) in [7, 11) is 0. The highest BCUT2D eigenvalue weighted by Gasteiger charge is 2.26. The summed E-state index contributed by atoms with van der Waals surface area (Å²) < 4.78 is 13.8. The molecule has 184 valence electrons. The van der Waals surface area contributed by atoms with Gasteiger partial charge in [0.1, 0.15) is 16.5 Å². The minimum Gasteiger partial charge on any atom is -0.382 e. The number of nitrogens with two attached hydrogens (primary N) is 1. The number of carbonyl (C=O) groups is 1. The predicted octanol–water partition coefficient (Wildman–Crippen LogP) is 5.47. The van der Waals surface area contributed by atoms with Crippen LogP contribution >= 0.6 is 11.3 Å². The molecule has 0 radical (unpaired) electrons. The Kier molecular flexibility index (Phi) is 7.02. The molecule has 2 aromatic carbocycles. The van der Waals surface area contributed by atoms with Gasteiger partial charge in [-0.1, -0.05) is 18.3 Å². The second kappa shape index (κ2) is 10.3. The van der Waals surface area contributed by atoms with Gasteiger partial charge in [-0.3, -0.25) is 4.79 Å². The van der Waals surface area contributed by atoms with E-state index in [1.807, 2.05) is 19.1 Å². The van der Waals surface area contributed by atoms with Gasteiger partial charge in [-0.25, -0.2) is 9.37 Å². The number of carbonyl (C=O) groups excluding carboxylic acids is 1. The third-order valence-electron chi connectivity index (χ3n) is 7.15. The maximum atomic E-state index is 13.8. The van der Waals surface area contributed by atoms with Gasteiger partial charge < -0.3 is 20.9 Å². The maximum Gasteiger partial charge on any atom is 0.206 e. The molecule has 6 nitrogen and oxygen atoms in total. The lowest BCUT2D eigenvalue weighted by Crippen LogP contribution is -2.43. The Morgan fingerprint density at radius 3 is 2.51 bits per heavy atom. The van der Waals surface area contributed by atoms with Crippen molar-refractivity contribution in [3.8, 4) is 0 Å². The quantitative estimate of drug-likeness (QED) is 0.426. The summed E-state index contributed by atoms with van der Waals surface area (Å²) in [5, 5.41) is 3.83. The van der Waals surface area contributed by atoms with Crippen LogP contribution in [0.15, 0.2) is 42.5 Å². The van der Waals surface area contributed by atoms with Crippen LogP contribution in [0.5, 0.6) is 0 Å². The third-order valence-corrected chi connectivity index (χ3v) is 8.14. The molecule has 3 heterocycles. The lowest BCUT2D eigenvalue weighted by Gasteiger charge is -2.37. The smallest absolute Gasteiger partial charge is 0.206 e. The Hall–Kier alpha value is -2.97. The van der Waals surface area contributed by atoms with Gasteiger partial charge in [0, 0.05) is 36.1 Å². The average molecular weight is 494 g/mol. The molecule has 2 saturated heterocycles. The SMILES string of the molecule is CCc1cc(C(=O)c2sc(Nc3ccc(N4CCC(N5CCCC5)CC4)cc3)nc2N)ccc1F. The normalized spacial score (nSPS) is 17.1. The van der Waals surface area contributed by atoms with Gasteiger partial charge >= 0.3 is 0 Å². The lowest BCUT2D eigenvalue weighted by molar-refractivity contribution is 0.104. The number of piperidine rings is 1. The molecular weight excluding hydrogens is 461 g/mol. The molecular formula is C27H32FN5OS. The summed E-state index contributed by atoms with van der Waals surface area (Å²) in [4.78, 5) is 22.8. The highest BCUT2D eigenvalue weighted by Crippen LogP contribution is 2.31. The van der Waals surface area contributed by atoms with Crippen molar-refractivity contribution in [2.75, 3.05) is 42.1 Å². The summed E-state index contributed by atoms with van der Waals surface area (Å²) >= 11 is 1.21. The van der Waals surface area contributed by atoms with Crippen LogP contribution in [0.2, 0.25) is 0 Å². The number of anilines is 4. The van der Waals surface area contributed by atoms with E-state index in [-0.39, 0.29) is 17.4 Å². The highest BCUT2D eigenvalue weighted by atomic mass is 32.1. The fraction of sp³-hybridized carbons (Fsp3) is 0.407. The molecule has 0 atom stereocenters. The van der Waals surface area contributed by atoms with E-state index in [4.69, 9.17) is 5.73 Å². The Morgan fingerprint density at radius 1 is 1.11 bits per heavy atom. The fourth-order valence-electron chi connectivity index (χ4n) is 5.14. The molecule has 3 aromatic rings. The molecule has 0 amide bonds. The van der Waals surface area contributed by atoms with E-state index in [2.05, 4.69) is 32.2 Å². The number of likely N-dealkylation sites (tertiary alicyclic amines) is 1. The van der Waals surface area contributed by atoms with Crippen molar-refractivity contribution in [3.05, 3.63) is 64.3 Å². The molecule has 8 heteroatoms. The van der Waals surface area contributed by atoms with Gasteiger partial charge in [0.2, 0.25) is 5.78 Å². The minimum atomic E-state index is -0.303. The molecule has 3 N–H and O–H groups in total. The molecule has 0 aliphatic carbocycles. The number of nitrogens with zero attached hydrogens (tertiary/aromatic N) is 3. The fourth-order valence-corrected chi connectivity index (χ4v) is 6.01. The average Bonchev–Trinajstić information content (AvgIpc) is 3.55. The van der Waals surface area contributed by atoms with E-state index in [0.717, 1.165) is 24.8 Å². The molecule has 0 bridgehead atoms. The predicted molar refractivity (Wildman–Crippen MR) is 142 cm³/mol. The monoisotopic (exact) mass is 493 g/mol. The zero-order valence-corrected chi connectivity index (χ0v) is 20.9. The van der Waals surface area contributed by atoms with Gasteiger partial charge in [0.25, 0.3) is 0 Å². The number of aryl methyl sites for hydroxylation is 1. The van der Waals surface area contributed by atoms with E-state index in [1.54, 1.807) is 6.07 Å². The Balaban J connectivity index is 1.22. The number of thiazole rings is 1. The first-order valence-corrected chi connectivity index (χ1v) is 13.3. The molecule has 1 aromatic heterocycles. The summed E-state index contributed by atoms with van der Waals surface area (Å²) in [5.41, 5.74) is 9.12. The second-order valence-electron chi connectivity index (χ2n) is 9.36. The molecule has 2 fully saturated rings. The van der Waals surface area contributed by atoms with Crippen LogP contribution in [0.4, 0.5) is 26.7 Å². The van der Waals surface area contributed by atoms with Crippen molar-refractivity contribution in [1.82, 2.24) is 9.88 Å². The lowest BCUT2D eigenvalue weighted by atomic mass is 10.0. The summed E-state index contributed by atoms with van der Waals surface area (Å²) in [6, 6.07) is 13.5. The zero-order valence-electron chi connectivity index (χ0n) is 20.1. The van der Waals surface area contributed by atoms with Gasteiger partial charge in [0.05, 0.1) is 0 Å². The van der Waals surface area contributed by atoms with Crippen LogP contribution in [0, 0.1) is 5.82 Å². The molecule has 0 unspecified atom stereocenters. The number of hydrogen-bond acceptors (Lipinski definition) is 7. The summed E-state index contributed by atoms with van der Waals surface area (Å²) in [5.74, 6) is -0.360. The summed E-state index contributed by atoms with van der Waals surface area (Å²) in [6.07, 6.45) is 5.67. The number of aromatic nitrogens is 1. The van der Waals surface area contributed by atoms with Crippen molar-refractivity contribution >= 4 is 39.4 Å². The van der Waals surface area contributed by atoms with Gasteiger partial charge in [-0.2, -0.15) is 0 Å². The first-order chi connectivity index (χ1) is 17.0. The van der Waals surface area contributed by atoms with Crippen LogP contribution in [0.25, 0.3) is 0 Å². The van der Waals surface area contributed by atoms with Crippen LogP contribution in [-0.4, -0.2) is 47.9 Å². The first kappa shape index (κ1) is 23.8. The minimum absolute atomic E-state index is 0.183. The van der Waals surface area contributed by atoms with Gasteiger partial charge in [-0.05, 0) is 93.2 Å². The molecule has 0 spiro atoms. The maximum absolute atomic E-state index is 13.8. The van der Waals surface area contributed by atoms with E-state index in [1.165, 1.54) is 67.9 Å². The van der Waals surface area contributed by atoms with E-state index in [0.29, 0.717) is 27.6 Å². The largest absolute Gasteiger partial charge is 0.382 e. The van der Waals surface area contributed by atoms with Crippen molar-refractivity contribution in [2.24, 2.45) is 0 Å². The Bertz CT molecular complexity index is 1180. The molecule has 35 heavy (non-hydrogen) atoms. The van der Waals surface area contributed by atoms with Crippen molar-refractivity contribution < 1.29 is 9.18 Å². The molecule has 2 aliphatic rings. The van der Waals surface area contributed by atoms with E-state index in [9.17, 15) is 9.18 Å². The molecule has 0 saturated carbocycles. The summed E-state index contributed by atoms with van der Waals surface area (Å²) in [6.45, 7) is 6.57. The number of nitrogen functional groups attached to an aromatic ring is 1. The van der Waals surface area contributed by atoms with Gasteiger partial charge in [0.15, 0.2) is 5.13 Å². The second-order valence-corrected chi connectivity index (χ2v) is 10.4. The van der Waals surface area contributed by atoms with Gasteiger partial charge in [-0.15, -0.1) is 0 Å². The molecule has 5 rings (SSSR count). The number of nitrogens with one attached hydrogen (secondary N) is 1. The number of benzene rings is 2. The number of ketones is 1. The number of rotatable bonds is 7. The van der Waals surface area contributed by atoms with Crippen molar-refractivity contribution in [1.29, 1.82) is 0 Å². The number of halogens is 1. The van der Waals surface area contributed by atoms with Crippen LogP contribution < -0.4 is 16.0 Å². The van der Waals surface area contributed by atoms with Crippen LogP contribution in [0.3, 0.4) is 0 Å². The molecule has 2 aliphatic heterocycles. The van der Waals surface area contributed by atoms with Crippen LogP contribution in [-0.2, 0) is 6.42 Å². The van der Waals surface area contributed by atoms with Crippen LogP contribution in [0.1, 0.15) is 53.4 Å². The Labute approximate surface area is 210 Å². The first-order valence-electron chi connectivity index (χ1n) is 12.5. The van der Waals surface area contributed by atoms with E-state index < -0.39 is 0 Å².